The minimum absolute atomic E-state index is 0.535. The third kappa shape index (κ3) is 6.38. The zero-order chi connectivity index (χ0) is 45.4. The van der Waals surface area contributed by atoms with Gasteiger partial charge in [-0.2, -0.15) is 0 Å². The zero-order valence-corrected chi connectivity index (χ0v) is 37.6. The van der Waals surface area contributed by atoms with Crippen molar-refractivity contribution in [2.24, 2.45) is 0 Å². The van der Waals surface area contributed by atoms with Crippen molar-refractivity contribution < 1.29 is 4.42 Å². The Morgan fingerprint density at radius 1 is 0.391 bits per heavy atom. The molecule has 0 unspecified atom stereocenters. The number of furan rings is 1. The molecule has 0 aliphatic carbocycles. The number of hydrogen-bond donors (Lipinski definition) is 0. The SMILES string of the molecule is c1ccc(-c2cccc(-c3cccc4c3sc3c(-c5nc(-c6ccccc6)nc(-c6cccc7c6oc6ccc(-n8c9ccccc9c9ncnc(-c%10ccccc%10)c98)cc67)n5)cccc34)c2)cc1. The van der Waals surface area contributed by atoms with E-state index in [1.807, 2.05) is 54.6 Å². The smallest absolute Gasteiger partial charge is 0.167 e. The Morgan fingerprint density at radius 2 is 0.971 bits per heavy atom. The third-order valence-corrected chi connectivity index (χ3v) is 14.5. The number of para-hydroxylation sites is 2. The maximum absolute atomic E-state index is 6.84. The summed E-state index contributed by atoms with van der Waals surface area (Å²) >= 11 is 1.79. The standard InChI is InChI=1S/C61H36N6OS/c1-4-16-37(17-5-1)40-22-12-23-41(34-40)43-25-13-27-45-46-28-15-30-49(58(46)69-57(43)45)61-65-59(39-20-8-3-9-21-39)64-60(66-61)48-29-14-26-44-50-35-42(32-33-52(50)68-56(44)48)67-51-31-11-10-24-47(51)54-55(67)53(62-36-63-54)38-18-6-2-7-19-38/h1-36H. The maximum Gasteiger partial charge on any atom is 0.167 e. The molecule has 0 fully saturated rings. The van der Waals surface area contributed by atoms with Gasteiger partial charge in [0.2, 0.25) is 0 Å². The van der Waals surface area contributed by atoms with Crippen LogP contribution >= 0.6 is 11.3 Å². The number of benzene rings is 9. The molecule has 0 aliphatic rings. The maximum atomic E-state index is 6.84. The summed E-state index contributed by atoms with van der Waals surface area (Å²) in [6, 6.07) is 73.9. The Labute approximate surface area is 399 Å². The van der Waals surface area contributed by atoms with E-state index in [4.69, 9.17) is 29.3 Å². The van der Waals surface area contributed by atoms with Crippen LogP contribution in [0.4, 0.5) is 0 Å². The van der Waals surface area contributed by atoms with E-state index < -0.39 is 0 Å². The summed E-state index contributed by atoms with van der Waals surface area (Å²) in [7, 11) is 0. The van der Waals surface area contributed by atoms with Gasteiger partial charge in [-0.1, -0.05) is 170 Å². The molecule has 0 spiro atoms. The summed E-state index contributed by atoms with van der Waals surface area (Å²) in [6.45, 7) is 0. The fourth-order valence-corrected chi connectivity index (χ4v) is 11.4. The summed E-state index contributed by atoms with van der Waals surface area (Å²) < 4.78 is 11.5. The van der Waals surface area contributed by atoms with Gasteiger partial charge >= 0.3 is 0 Å². The first kappa shape index (κ1) is 39.1. The van der Waals surface area contributed by atoms with Crippen molar-refractivity contribution in [1.29, 1.82) is 0 Å². The van der Waals surface area contributed by atoms with Crippen molar-refractivity contribution >= 4 is 75.4 Å². The fourth-order valence-electron chi connectivity index (χ4n) is 10.0. The molecule has 0 bridgehead atoms. The normalized spacial score (nSPS) is 11.8. The summed E-state index contributed by atoms with van der Waals surface area (Å²) in [6.07, 6.45) is 1.66. The van der Waals surface area contributed by atoms with Crippen LogP contribution in [0.25, 0.3) is 137 Å². The van der Waals surface area contributed by atoms with E-state index in [-0.39, 0.29) is 0 Å². The molecule has 9 aromatic carbocycles. The Kier molecular flexibility index (Phi) is 8.93. The molecule has 0 atom stereocenters. The Hall–Kier alpha value is -9.11. The Bertz CT molecular complexity index is 4310. The largest absolute Gasteiger partial charge is 0.455 e. The summed E-state index contributed by atoms with van der Waals surface area (Å²) in [5.41, 5.74) is 14.6. The zero-order valence-electron chi connectivity index (χ0n) is 36.8. The second-order valence-corrected chi connectivity index (χ2v) is 18.2. The molecule has 5 aromatic heterocycles. The van der Waals surface area contributed by atoms with Crippen LogP contribution in [0.3, 0.4) is 0 Å². The minimum Gasteiger partial charge on any atom is -0.455 e. The lowest BCUT2D eigenvalue weighted by Crippen LogP contribution is -2.00. The molecule has 0 aliphatic heterocycles. The van der Waals surface area contributed by atoms with E-state index in [0.717, 1.165) is 82.0 Å². The van der Waals surface area contributed by atoms with Gasteiger partial charge in [0.1, 0.15) is 23.0 Å². The number of rotatable bonds is 7. The summed E-state index contributed by atoms with van der Waals surface area (Å²) in [5.74, 6) is 1.72. The average Bonchev–Trinajstić information content (AvgIpc) is 4.11. The van der Waals surface area contributed by atoms with Crippen LogP contribution in [0.5, 0.6) is 0 Å². The molecule has 8 heteroatoms. The predicted octanol–water partition coefficient (Wildman–Crippen LogP) is 16.0. The highest BCUT2D eigenvalue weighted by atomic mass is 32.1. The first-order valence-corrected chi connectivity index (χ1v) is 23.7. The number of fused-ring (bicyclic) bond motifs is 9. The van der Waals surface area contributed by atoms with Crippen LogP contribution in [0.1, 0.15) is 0 Å². The first-order chi connectivity index (χ1) is 34.2. The molecule has 0 saturated heterocycles. The second-order valence-electron chi connectivity index (χ2n) is 17.2. The van der Waals surface area contributed by atoms with Gasteiger partial charge in [-0.25, -0.2) is 24.9 Å². The number of hydrogen-bond acceptors (Lipinski definition) is 7. The molecule has 322 valence electrons. The van der Waals surface area contributed by atoms with Crippen LogP contribution in [0.2, 0.25) is 0 Å². The molecular formula is C61H36N6OS. The molecule has 0 N–H and O–H groups in total. The lowest BCUT2D eigenvalue weighted by Gasteiger charge is -2.10. The molecule has 0 amide bonds. The summed E-state index contributed by atoms with van der Waals surface area (Å²) in [4.78, 5) is 25.4. The topological polar surface area (TPSA) is 82.5 Å². The van der Waals surface area contributed by atoms with Crippen molar-refractivity contribution in [3.63, 3.8) is 0 Å². The van der Waals surface area contributed by atoms with E-state index in [1.54, 1.807) is 17.7 Å². The van der Waals surface area contributed by atoms with Crippen molar-refractivity contribution in [2.75, 3.05) is 0 Å². The average molecular weight is 901 g/mol. The highest BCUT2D eigenvalue weighted by Crippen LogP contribution is 2.45. The van der Waals surface area contributed by atoms with Gasteiger partial charge in [-0.05, 0) is 64.7 Å². The molecule has 0 saturated carbocycles. The van der Waals surface area contributed by atoms with Gasteiger partial charge in [-0.15, -0.1) is 11.3 Å². The lowest BCUT2D eigenvalue weighted by atomic mass is 9.98. The van der Waals surface area contributed by atoms with Crippen LogP contribution in [-0.2, 0) is 0 Å². The van der Waals surface area contributed by atoms with Gasteiger partial charge in [0.15, 0.2) is 17.5 Å². The van der Waals surface area contributed by atoms with Crippen LogP contribution in [0.15, 0.2) is 223 Å². The van der Waals surface area contributed by atoms with E-state index in [1.165, 1.54) is 32.3 Å². The van der Waals surface area contributed by atoms with Crippen LogP contribution in [-0.4, -0.2) is 29.5 Å². The Morgan fingerprint density at radius 3 is 1.75 bits per heavy atom. The Balaban J connectivity index is 0.939. The number of thiophene rings is 1. The summed E-state index contributed by atoms with van der Waals surface area (Å²) in [5, 5.41) is 5.37. The quantitative estimate of drug-likeness (QED) is 0.158. The number of aromatic nitrogens is 6. The molecule has 5 heterocycles. The van der Waals surface area contributed by atoms with Crippen molar-refractivity contribution in [2.45, 2.75) is 0 Å². The predicted molar refractivity (Wildman–Crippen MR) is 283 cm³/mol. The second kappa shape index (κ2) is 15.8. The molecule has 14 rings (SSSR count). The van der Waals surface area contributed by atoms with Gasteiger partial charge in [0.05, 0.1) is 22.3 Å². The van der Waals surface area contributed by atoms with Gasteiger partial charge in [0.25, 0.3) is 0 Å². The van der Waals surface area contributed by atoms with Gasteiger partial charge < -0.3 is 8.98 Å². The van der Waals surface area contributed by atoms with Crippen molar-refractivity contribution in [1.82, 2.24) is 29.5 Å². The molecule has 69 heavy (non-hydrogen) atoms. The molecular weight excluding hydrogens is 865 g/mol. The van der Waals surface area contributed by atoms with E-state index in [0.29, 0.717) is 23.1 Å². The van der Waals surface area contributed by atoms with E-state index >= 15 is 0 Å². The van der Waals surface area contributed by atoms with E-state index in [9.17, 15) is 0 Å². The van der Waals surface area contributed by atoms with Gasteiger partial charge in [0, 0.05) is 58.7 Å². The van der Waals surface area contributed by atoms with Crippen molar-refractivity contribution in [3.8, 4) is 73.4 Å². The van der Waals surface area contributed by atoms with Gasteiger partial charge in [-0.3, -0.25) is 0 Å². The molecule has 7 nitrogen and oxygen atoms in total. The van der Waals surface area contributed by atoms with Crippen molar-refractivity contribution in [3.05, 3.63) is 219 Å². The van der Waals surface area contributed by atoms with E-state index in [2.05, 4.69) is 162 Å². The highest BCUT2D eigenvalue weighted by Gasteiger charge is 2.23. The molecule has 14 aromatic rings. The monoisotopic (exact) mass is 900 g/mol. The van der Waals surface area contributed by atoms with Crippen LogP contribution < -0.4 is 0 Å². The van der Waals surface area contributed by atoms with Crippen LogP contribution in [0, 0.1) is 0 Å². The fraction of sp³-hybridized carbons (Fsp3) is 0. The molecule has 0 radical (unpaired) electrons. The highest BCUT2D eigenvalue weighted by molar-refractivity contribution is 7.26. The lowest BCUT2D eigenvalue weighted by molar-refractivity contribution is 0.669. The minimum atomic E-state index is 0.535. The number of nitrogens with zero attached hydrogens (tertiary/aromatic N) is 6. The third-order valence-electron chi connectivity index (χ3n) is 13.2. The first-order valence-electron chi connectivity index (χ1n) is 22.9.